The molecule has 3 rings (SSSR count). The first kappa shape index (κ1) is 12.1. The molecule has 1 unspecified atom stereocenters. The number of aromatic nitrogens is 3. The van der Waals surface area contributed by atoms with E-state index in [-0.39, 0.29) is 0 Å². The van der Waals surface area contributed by atoms with Crippen molar-refractivity contribution < 1.29 is 4.52 Å². The molecule has 1 atom stereocenters. The first-order valence-electron chi connectivity index (χ1n) is 6.55. The largest absolute Gasteiger partial charge is 0.366 e. The molecular weight excluding hydrogens is 242 g/mol. The van der Waals surface area contributed by atoms with Gasteiger partial charge in [-0.05, 0) is 38.4 Å². The second-order valence-corrected chi connectivity index (χ2v) is 4.77. The summed E-state index contributed by atoms with van der Waals surface area (Å²) < 4.78 is 5.11. The summed E-state index contributed by atoms with van der Waals surface area (Å²) in [4.78, 5) is 8.57. The highest BCUT2D eigenvalue weighted by Gasteiger charge is 2.13. The molecular formula is C13H17N5O. The number of hydrogen-bond donors (Lipinski definition) is 2. The number of anilines is 1. The van der Waals surface area contributed by atoms with Crippen molar-refractivity contribution in [1.82, 2.24) is 20.4 Å². The third kappa shape index (κ3) is 2.90. The lowest BCUT2D eigenvalue weighted by Crippen LogP contribution is -2.38. The predicted molar refractivity (Wildman–Crippen MR) is 71.8 cm³/mol. The molecule has 1 aliphatic rings. The highest BCUT2D eigenvalue weighted by molar-refractivity contribution is 5.54. The zero-order valence-corrected chi connectivity index (χ0v) is 10.9. The molecule has 2 aromatic rings. The topological polar surface area (TPSA) is 75.9 Å². The maximum Gasteiger partial charge on any atom is 0.259 e. The van der Waals surface area contributed by atoms with E-state index in [1.807, 2.05) is 12.1 Å². The zero-order chi connectivity index (χ0) is 13.1. The monoisotopic (exact) mass is 259 g/mol. The van der Waals surface area contributed by atoms with Gasteiger partial charge >= 0.3 is 0 Å². The van der Waals surface area contributed by atoms with E-state index in [0.717, 1.165) is 24.5 Å². The number of pyridine rings is 1. The minimum absolute atomic E-state index is 0.456. The number of aryl methyl sites for hydroxylation is 1. The van der Waals surface area contributed by atoms with E-state index in [9.17, 15) is 0 Å². The summed E-state index contributed by atoms with van der Waals surface area (Å²) in [6.07, 6.45) is 4.14. The first-order chi connectivity index (χ1) is 9.31. The van der Waals surface area contributed by atoms with Crippen LogP contribution >= 0.6 is 0 Å². The summed E-state index contributed by atoms with van der Waals surface area (Å²) in [6, 6.07) is 4.35. The fourth-order valence-electron chi connectivity index (χ4n) is 2.20. The van der Waals surface area contributed by atoms with Crippen molar-refractivity contribution >= 4 is 5.82 Å². The lowest BCUT2D eigenvalue weighted by atomic mass is 10.1. The number of hydrogen-bond acceptors (Lipinski definition) is 6. The van der Waals surface area contributed by atoms with Gasteiger partial charge in [-0.1, -0.05) is 5.16 Å². The molecule has 0 radical (unpaired) electrons. The standard InChI is InChI=1S/C13H17N5O/c1-9-16-13(19-18-9)10-4-5-12(15-7-10)17-11-3-2-6-14-8-11/h4-5,7,11,14H,2-3,6,8H2,1H3,(H,15,17). The Morgan fingerprint density at radius 3 is 3.00 bits per heavy atom. The van der Waals surface area contributed by atoms with Crippen molar-refractivity contribution in [2.24, 2.45) is 0 Å². The smallest absolute Gasteiger partial charge is 0.259 e. The minimum atomic E-state index is 0.456. The van der Waals surface area contributed by atoms with Crippen LogP contribution in [-0.4, -0.2) is 34.3 Å². The summed E-state index contributed by atoms with van der Waals surface area (Å²) in [5.41, 5.74) is 0.841. The van der Waals surface area contributed by atoms with Gasteiger partial charge in [-0.3, -0.25) is 0 Å². The molecule has 2 aromatic heterocycles. The molecule has 1 saturated heterocycles. The Morgan fingerprint density at radius 2 is 2.37 bits per heavy atom. The summed E-state index contributed by atoms with van der Waals surface area (Å²) in [5, 5.41) is 10.6. The van der Waals surface area contributed by atoms with Crippen LogP contribution in [0.4, 0.5) is 5.82 Å². The molecule has 0 spiro atoms. The van der Waals surface area contributed by atoms with E-state index in [1.54, 1.807) is 13.1 Å². The van der Waals surface area contributed by atoms with Gasteiger partial charge in [0.2, 0.25) is 0 Å². The third-order valence-corrected chi connectivity index (χ3v) is 3.19. The van der Waals surface area contributed by atoms with Crippen molar-refractivity contribution in [2.45, 2.75) is 25.8 Å². The average molecular weight is 259 g/mol. The van der Waals surface area contributed by atoms with Crippen molar-refractivity contribution in [3.63, 3.8) is 0 Å². The Bertz CT molecular complexity index is 530. The number of nitrogens with zero attached hydrogens (tertiary/aromatic N) is 3. The molecule has 2 N–H and O–H groups in total. The highest BCUT2D eigenvalue weighted by Crippen LogP contribution is 2.18. The molecule has 0 aromatic carbocycles. The zero-order valence-electron chi connectivity index (χ0n) is 10.9. The molecule has 0 amide bonds. The summed E-state index contributed by atoms with van der Waals surface area (Å²) >= 11 is 0. The van der Waals surface area contributed by atoms with Crippen LogP contribution in [0, 0.1) is 6.92 Å². The van der Waals surface area contributed by atoms with E-state index < -0.39 is 0 Å². The Labute approximate surface area is 111 Å². The average Bonchev–Trinajstić information content (AvgIpc) is 2.87. The van der Waals surface area contributed by atoms with Gasteiger partial charge in [0.1, 0.15) is 5.82 Å². The first-order valence-corrected chi connectivity index (χ1v) is 6.55. The molecule has 6 nitrogen and oxygen atoms in total. The van der Waals surface area contributed by atoms with Crippen LogP contribution in [0.5, 0.6) is 0 Å². The van der Waals surface area contributed by atoms with Gasteiger partial charge in [0.15, 0.2) is 5.82 Å². The van der Waals surface area contributed by atoms with Gasteiger partial charge in [0.25, 0.3) is 5.89 Å². The van der Waals surface area contributed by atoms with E-state index in [0.29, 0.717) is 17.8 Å². The number of piperidine rings is 1. The van der Waals surface area contributed by atoms with Crippen LogP contribution in [0.2, 0.25) is 0 Å². The Hall–Kier alpha value is -1.95. The van der Waals surface area contributed by atoms with Crippen molar-refractivity contribution in [1.29, 1.82) is 0 Å². The molecule has 100 valence electrons. The van der Waals surface area contributed by atoms with Crippen LogP contribution in [0.1, 0.15) is 18.7 Å². The number of nitrogens with one attached hydrogen (secondary N) is 2. The normalized spacial score (nSPS) is 19.3. The van der Waals surface area contributed by atoms with Gasteiger partial charge < -0.3 is 15.2 Å². The molecule has 3 heterocycles. The summed E-state index contributed by atoms with van der Waals surface area (Å²) in [7, 11) is 0. The van der Waals surface area contributed by atoms with Gasteiger partial charge in [0, 0.05) is 18.8 Å². The number of rotatable bonds is 3. The molecule has 19 heavy (non-hydrogen) atoms. The van der Waals surface area contributed by atoms with Gasteiger partial charge in [-0.15, -0.1) is 0 Å². The fraction of sp³-hybridized carbons (Fsp3) is 0.462. The summed E-state index contributed by atoms with van der Waals surface area (Å²) in [5.74, 6) is 2.02. The van der Waals surface area contributed by atoms with Crippen LogP contribution in [0.15, 0.2) is 22.9 Å². The molecule has 0 saturated carbocycles. The maximum absolute atomic E-state index is 5.11. The lowest BCUT2D eigenvalue weighted by molar-refractivity contribution is 0.425. The molecule has 1 fully saturated rings. The van der Waals surface area contributed by atoms with E-state index in [1.165, 1.54) is 12.8 Å². The fourth-order valence-corrected chi connectivity index (χ4v) is 2.20. The molecule has 0 aliphatic carbocycles. The summed E-state index contributed by atoms with van der Waals surface area (Å²) in [6.45, 7) is 3.90. The van der Waals surface area contributed by atoms with Crippen molar-refractivity contribution in [3.8, 4) is 11.5 Å². The van der Waals surface area contributed by atoms with Crippen LogP contribution < -0.4 is 10.6 Å². The van der Waals surface area contributed by atoms with Crippen LogP contribution in [0.25, 0.3) is 11.5 Å². The second-order valence-electron chi connectivity index (χ2n) is 4.77. The van der Waals surface area contributed by atoms with Gasteiger partial charge in [-0.2, -0.15) is 4.98 Å². The quantitative estimate of drug-likeness (QED) is 0.872. The molecule has 0 bridgehead atoms. The molecule has 1 aliphatic heterocycles. The lowest BCUT2D eigenvalue weighted by Gasteiger charge is -2.24. The van der Waals surface area contributed by atoms with E-state index in [4.69, 9.17) is 4.52 Å². The second kappa shape index (κ2) is 5.36. The Kier molecular flexibility index (Phi) is 3.41. The highest BCUT2D eigenvalue weighted by atomic mass is 16.5. The van der Waals surface area contributed by atoms with Gasteiger partial charge in [-0.25, -0.2) is 4.98 Å². The Balaban J connectivity index is 1.68. The minimum Gasteiger partial charge on any atom is -0.366 e. The Morgan fingerprint density at radius 1 is 1.42 bits per heavy atom. The van der Waals surface area contributed by atoms with Crippen molar-refractivity contribution in [3.05, 3.63) is 24.2 Å². The maximum atomic E-state index is 5.11. The van der Waals surface area contributed by atoms with Crippen LogP contribution in [0.3, 0.4) is 0 Å². The predicted octanol–water partition coefficient (Wildman–Crippen LogP) is 1.60. The van der Waals surface area contributed by atoms with E-state index in [2.05, 4.69) is 25.8 Å². The third-order valence-electron chi connectivity index (χ3n) is 3.19. The molecule has 6 heteroatoms. The van der Waals surface area contributed by atoms with Gasteiger partial charge in [0.05, 0.1) is 5.56 Å². The van der Waals surface area contributed by atoms with Crippen LogP contribution in [-0.2, 0) is 0 Å². The van der Waals surface area contributed by atoms with E-state index >= 15 is 0 Å². The van der Waals surface area contributed by atoms with Crippen molar-refractivity contribution in [2.75, 3.05) is 18.4 Å². The SMILES string of the molecule is Cc1noc(-c2ccc(NC3CCCNC3)nc2)n1.